The zero-order valence-corrected chi connectivity index (χ0v) is 20.0. The first-order chi connectivity index (χ1) is 17.1. The minimum absolute atomic E-state index is 0.0646. The lowest BCUT2D eigenvalue weighted by Crippen LogP contribution is -2.52. The van der Waals surface area contributed by atoms with Gasteiger partial charge in [-0.1, -0.05) is 78.4 Å². The van der Waals surface area contributed by atoms with Crippen LogP contribution < -0.4 is 5.01 Å². The molecule has 3 aromatic carbocycles. The molecule has 1 fully saturated rings. The van der Waals surface area contributed by atoms with Gasteiger partial charge in [-0.3, -0.25) is 14.5 Å². The zero-order valence-electron chi connectivity index (χ0n) is 20.0. The lowest BCUT2D eigenvalue weighted by molar-refractivity contribution is -0.126. The zero-order chi connectivity index (χ0) is 24.2. The molecule has 0 bridgehead atoms. The lowest BCUT2D eigenvalue weighted by atomic mass is 9.96. The largest absolute Gasteiger partial charge is 0.335 e. The maximum absolute atomic E-state index is 13.3. The summed E-state index contributed by atoms with van der Waals surface area (Å²) in [5, 5.41) is 5.86. The van der Waals surface area contributed by atoms with Gasteiger partial charge in [-0.2, -0.15) is 5.10 Å². The van der Waals surface area contributed by atoms with Crippen molar-refractivity contribution < 1.29 is 9.59 Å². The Morgan fingerprint density at radius 3 is 1.91 bits per heavy atom. The van der Waals surface area contributed by atoms with Crippen LogP contribution in [-0.2, 0) is 9.59 Å². The molecule has 0 aromatic heterocycles. The smallest absolute Gasteiger partial charge is 0.270 e. The number of nitrogens with zero attached hydrogens (tertiary/aromatic N) is 4. The second kappa shape index (κ2) is 10.2. The SMILES string of the molecule is Cc1ccc(N2N=C(C(=O)N3CCN(C(c4ccccc4)c4ccccc4)CC3)CCC2=O)cc1. The van der Waals surface area contributed by atoms with E-state index in [0.29, 0.717) is 37.3 Å². The predicted octanol–water partition coefficient (Wildman–Crippen LogP) is 4.41. The van der Waals surface area contributed by atoms with Crippen molar-refractivity contribution in [3.05, 3.63) is 102 Å². The van der Waals surface area contributed by atoms with Crippen LogP contribution in [0.15, 0.2) is 90.0 Å². The van der Waals surface area contributed by atoms with Crippen LogP contribution in [0.5, 0.6) is 0 Å². The number of piperazine rings is 1. The van der Waals surface area contributed by atoms with Gasteiger partial charge in [0.15, 0.2) is 0 Å². The van der Waals surface area contributed by atoms with E-state index in [9.17, 15) is 9.59 Å². The van der Waals surface area contributed by atoms with Gasteiger partial charge in [-0.15, -0.1) is 0 Å². The van der Waals surface area contributed by atoms with E-state index in [-0.39, 0.29) is 17.9 Å². The van der Waals surface area contributed by atoms with Gasteiger partial charge in [0, 0.05) is 39.0 Å². The standard InChI is InChI=1S/C29H30N4O2/c1-22-12-14-25(15-13-22)33-27(34)17-16-26(30-33)29(35)32-20-18-31(19-21-32)28(23-8-4-2-5-9-23)24-10-6-3-7-11-24/h2-15,28H,16-21H2,1H3. The summed E-state index contributed by atoms with van der Waals surface area (Å²) in [4.78, 5) is 30.2. The topological polar surface area (TPSA) is 56.2 Å². The molecule has 2 heterocycles. The van der Waals surface area contributed by atoms with Crippen molar-refractivity contribution in [1.29, 1.82) is 0 Å². The molecule has 0 N–H and O–H groups in total. The minimum Gasteiger partial charge on any atom is -0.335 e. The van der Waals surface area contributed by atoms with Crippen LogP contribution in [-0.4, -0.2) is 53.5 Å². The summed E-state index contributed by atoms with van der Waals surface area (Å²) in [6.45, 7) is 4.81. The number of hydrogen-bond acceptors (Lipinski definition) is 4. The first kappa shape index (κ1) is 23.0. The van der Waals surface area contributed by atoms with Crippen LogP contribution in [0.3, 0.4) is 0 Å². The van der Waals surface area contributed by atoms with E-state index in [0.717, 1.165) is 18.7 Å². The van der Waals surface area contributed by atoms with E-state index in [1.807, 2.05) is 48.2 Å². The molecule has 1 saturated heterocycles. The Kier molecular flexibility index (Phi) is 6.73. The maximum atomic E-state index is 13.3. The molecular weight excluding hydrogens is 436 g/mol. The van der Waals surface area contributed by atoms with Crippen LogP contribution in [0.25, 0.3) is 0 Å². The van der Waals surface area contributed by atoms with Crippen molar-refractivity contribution >= 4 is 23.2 Å². The van der Waals surface area contributed by atoms with Crippen molar-refractivity contribution in [2.45, 2.75) is 25.8 Å². The van der Waals surface area contributed by atoms with Crippen molar-refractivity contribution in [3.63, 3.8) is 0 Å². The first-order valence-electron chi connectivity index (χ1n) is 12.2. The normalized spacial score (nSPS) is 17.0. The molecule has 2 amide bonds. The highest BCUT2D eigenvalue weighted by Gasteiger charge is 2.32. The molecule has 178 valence electrons. The Morgan fingerprint density at radius 2 is 1.34 bits per heavy atom. The molecule has 5 rings (SSSR count). The summed E-state index contributed by atoms with van der Waals surface area (Å²) in [5.74, 6) is -0.144. The molecule has 0 atom stereocenters. The fourth-order valence-corrected chi connectivity index (χ4v) is 4.85. The van der Waals surface area contributed by atoms with Gasteiger partial charge >= 0.3 is 0 Å². The van der Waals surface area contributed by atoms with Gasteiger partial charge in [-0.05, 0) is 30.2 Å². The second-order valence-electron chi connectivity index (χ2n) is 9.14. The number of carbonyl (C=O) groups excluding carboxylic acids is 2. The number of amides is 2. The Morgan fingerprint density at radius 1 is 0.771 bits per heavy atom. The van der Waals surface area contributed by atoms with Crippen molar-refractivity contribution in [3.8, 4) is 0 Å². The molecular formula is C29H30N4O2. The average Bonchev–Trinajstić information content (AvgIpc) is 2.91. The number of carbonyl (C=O) groups is 2. The van der Waals surface area contributed by atoms with Crippen LogP contribution in [0, 0.1) is 6.92 Å². The molecule has 2 aliphatic heterocycles. The molecule has 0 radical (unpaired) electrons. The number of anilines is 1. The van der Waals surface area contributed by atoms with E-state index in [4.69, 9.17) is 0 Å². The van der Waals surface area contributed by atoms with Gasteiger partial charge in [0.1, 0.15) is 5.71 Å². The molecule has 0 spiro atoms. The fourth-order valence-electron chi connectivity index (χ4n) is 4.85. The van der Waals surface area contributed by atoms with Crippen molar-refractivity contribution in [2.24, 2.45) is 5.10 Å². The number of hydrazone groups is 1. The molecule has 0 saturated carbocycles. The minimum atomic E-state index is -0.0798. The summed E-state index contributed by atoms with van der Waals surface area (Å²) in [6, 6.07) is 28.9. The monoisotopic (exact) mass is 466 g/mol. The van der Waals surface area contributed by atoms with Gasteiger partial charge < -0.3 is 4.90 Å². The quantitative estimate of drug-likeness (QED) is 0.560. The third-order valence-electron chi connectivity index (χ3n) is 6.76. The molecule has 0 aliphatic carbocycles. The van der Waals surface area contributed by atoms with Crippen LogP contribution >= 0.6 is 0 Å². The molecule has 6 heteroatoms. The second-order valence-corrected chi connectivity index (χ2v) is 9.14. The fraction of sp³-hybridized carbons (Fsp3) is 0.276. The van der Waals surface area contributed by atoms with Crippen molar-refractivity contribution in [1.82, 2.24) is 9.80 Å². The Labute approximate surface area is 206 Å². The molecule has 35 heavy (non-hydrogen) atoms. The van der Waals surface area contributed by atoms with Gasteiger partial charge in [-0.25, -0.2) is 5.01 Å². The van der Waals surface area contributed by atoms with E-state index in [1.165, 1.54) is 16.1 Å². The Bertz CT molecular complexity index is 1160. The highest BCUT2D eigenvalue weighted by molar-refractivity contribution is 6.40. The van der Waals surface area contributed by atoms with Gasteiger partial charge in [0.2, 0.25) is 5.91 Å². The molecule has 0 unspecified atom stereocenters. The van der Waals surface area contributed by atoms with Crippen LogP contribution in [0.1, 0.15) is 35.6 Å². The first-order valence-corrected chi connectivity index (χ1v) is 12.2. The summed E-state index contributed by atoms with van der Waals surface area (Å²) in [5.41, 5.74) is 4.77. The summed E-state index contributed by atoms with van der Waals surface area (Å²) in [6.07, 6.45) is 0.680. The Balaban J connectivity index is 1.30. The van der Waals surface area contributed by atoms with Crippen molar-refractivity contribution in [2.75, 3.05) is 31.2 Å². The highest BCUT2D eigenvalue weighted by atomic mass is 16.2. The van der Waals surface area contributed by atoms with E-state index in [1.54, 1.807) is 0 Å². The van der Waals surface area contributed by atoms with Crippen LogP contribution in [0.2, 0.25) is 0 Å². The number of aryl methyl sites for hydroxylation is 1. The van der Waals surface area contributed by atoms with Gasteiger partial charge in [0.05, 0.1) is 11.7 Å². The molecule has 2 aliphatic rings. The summed E-state index contributed by atoms with van der Waals surface area (Å²) in [7, 11) is 0. The number of rotatable bonds is 5. The Hall–Kier alpha value is -3.77. The number of benzene rings is 3. The van der Waals surface area contributed by atoms with Gasteiger partial charge in [0.25, 0.3) is 5.91 Å². The molecule has 3 aromatic rings. The third-order valence-corrected chi connectivity index (χ3v) is 6.76. The lowest BCUT2D eigenvalue weighted by Gasteiger charge is -2.40. The predicted molar refractivity (Wildman–Crippen MR) is 138 cm³/mol. The maximum Gasteiger partial charge on any atom is 0.270 e. The van der Waals surface area contributed by atoms with E-state index < -0.39 is 0 Å². The molecule has 6 nitrogen and oxygen atoms in total. The summed E-state index contributed by atoms with van der Waals surface area (Å²) < 4.78 is 0. The van der Waals surface area contributed by atoms with E-state index in [2.05, 4.69) is 58.5 Å². The third kappa shape index (κ3) is 5.03. The van der Waals surface area contributed by atoms with E-state index >= 15 is 0 Å². The number of hydrogen-bond donors (Lipinski definition) is 0. The van der Waals surface area contributed by atoms with Crippen LogP contribution in [0.4, 0.5) is 5.69 Å². The highest BCUT2D eigenvalue weighted by Crippen LogP contribution is 2.30. The summed E-state index contributed by atoms with van der Waals surface area (Å²) >= 11 is 0. The average molecular weight is 467 g/mol.